The van der Waals surface area contributed by atoms with Gasteiger partial charge in [0.1, 0.15) is 6.61 Å². The van der Waals surface area contributed by atoms with Crippen molar-refractivity contribution in [2.45, 2.75) is 38.3 Å². The highest BCUT2D eigenvalue weighted by atomic mass is 32.1. The molecule has 0 spiro atoms. The molecular weight excluding hydrogens is 260 g/mol. The Balaban J connectivity index is 1.42. The number of carbonyl (C=O) groups is 1. The number of amides is 1. The summed E-state index contributed by atoms with van der Waals surface area (Å²) in [5, 5.41) is 6.08. The van der Waals surface area contributed by atoms with Crippen molar-refractivity contribution in [2.75, 3.05) is 19.7 Å². The highest BCUT2D eigenvalue weighted by Crippen LogP contribution is 2.30. The highest BCUT2D eigenvalue weighted by molar-refractivity contribution is 7.12. The third-order valence-electron chi connectivity index (χ3n) is 3.81. The molecule has 2 heterocycles. The van der Waals surface area contributed by atoms with E-state index in [0.717, 1.165) is 13.1 Å². The van der Waals surface area contributed by atoms with Crippen LogP contribution in [0.3, 0.4) is 0 Å². The summed E-state index contributed by atoms with van der Waals surface area (Å²) in [5.74, 6) is -0.0262. The largest absolute Gasteiger partial charge is 0.363 e. The average molecular weight is 280 g/mol. The van der Waals surface area contributed by atoms with E-state index in [-0.39, 0.29) is 18.1 Å². The van der Waals surface area contributed by atoms with Crippen molar-refractivity contribution in [1.82, 2.24) is 10.6 Å². The maximum absolute atomic E-state index is 11.7. The van der Waals surface area contributed by atoms with Gasteiger partial charge in [-0.3, -0.25) is 4.79 Å². The first-order valence-electron chi connectivity index (χ1n) is 6.86. The first-order valence-corrected chi connectivity index (χ1v) is 7.68. The standard InChI is InChI=1S/C14H20N2O2S/c1-14(8-15-9-14)18-7-13(17)16-6-11-5-10-3-2-4-12(10)19-11/h5,15H,2-4,6-9H2,1H3,(H,16,17). The molecule has 0 bridgehead atoms. The molecule has 0 radical (unpaired) electrons. The second-order valence-electron chi connectivity index (χ2n) is 5.63. The van der Waals surface area contributed by atoms with Crippen molar-refractivity contribution < 1.29 is 9.53 Å². The number of hydrogen-bond acceptors (Lipinski definition) is 4. The molecule has 19 heavy (non-hydrogen) atoms. The van der Waals surface area contributed by atoms with E-state index in [1.54, 1.807) is 0 Å². The average Bonchev–Trinajstić information content (AvgIpc) is 2.91. The Labute approximate surface area is 117 Å². The summed E-state index contributed by atoms with van der Waals surface area (Å²) < 4.78 is 5.61. The summed E-state index contributed by atoms with van der Waals surface area (Å²) in [5.41, 5.74) is 1.33. The Morgan fingerprint density at radius 2 is 2.37 bits per heavy atom. The molecule has 0 atom stereocenters. The molecule has 0 unspecified atom stereocenters. The third-order valence-corrected chi connectivity index (χ3v) is 5.04. The molecule has 3 rings (SSSR count). The first kappa shape index (κ1) is 13.1. The lowest BCUT2D eigenvalue weighted by Gasteiger charge is -2.38. The van der Waals surface area contributed by atoms with Crippen LogP contribution in [-0.4, -0.2) is 31.2 Å². The molecule has 0 saturated carbocycles. The maximum Gasteiger partial charge on any atom is 0.246 e. The molecule has 1 aromatic rings. The topological polar surface area (TPSA) is 50.4 Å². The molecule has 0 aromatic carbocycles. The second-order valence-corrected chi connectivity index (χ2v) is 6.85. The van der Waals surface area contributed by atoms with Crippen LogP contribution in [0.4, 0.5) is 0 Å². The van der Waals surface area contributed by atoms with Crippen LogP contribution in [0.25, 0.3) is 0 Å². The van der Waals surface area contributed by atoms with Gasteiger partial charge in [0, 0.05) is 22.8 Å². The van der Waals surface area contributed by atoms with Crippen LogP contribution in [0.1, 0.15) is 28.7 Å². The van der Waals surface area contributed by atoms with Crippen molar-refractivity contribution in [3.8, 4) is 0 Å². The van der Waals surface area contributed by atoms with E-state index < -0.39 is 0 Å². The van der Waals surface area contributed by atoms with Crippen molar-refractivity contribution in [1.29, 1.82) is 0 Å². The predicted octanol–water partition coefficient (Wildman–Crippen LogP) is 1.23. The first-order chi connectivity index (χ1) is 9.15. The van der Waals surface area contributed by atoms with Crippen molar-refractivity contribution in [3.63, 3.8) is 0 Å². The number of hydrogen-bond donors (Lipinski definition) is 2. The summed E-state index contributed by atoms with van der Waals surface area (Å²) in [7, 11) is 0. The Hall–Kier alpha value is -0.910. The zero-order valence-corrected chi connectivity index (χ0v) is 12.1. The maximum atomic E-state index is 11.7. The Morgan fingerprint density at radius 3 is 3.05 bits per heavy atom. The zero-order valence-electron chi connectivity index (χ0n) is 11.3. The minimum Gasteiger partial charge on any atom is -0.363 e. The van der Waals surface area contributed by atoms with E-state index >= 15 is 0 Å². The van der Waals surface area contributed by atoms with Crippen LogP contribution < -0.4 is 10.6 Å². The van der Waals surface area contributed by atoms with Gasteiger partial charge in [-0.1, -0.05) is 0 Å². The number of thiophene rings is 1. The number of ether oxygens (including phenoxy) is 1. The molecular formula is C14H20N2O2S. The zero-order chi connectivity index (χ0) is 13.3. The summed E-state index contributed by atoms with van der Waals surface area (Å²) in [6.45, 7) is 4.48. The number of fused-ring (bicyclic) bond motifs is 1. The number of aryl methyl sites for hydroxylation is 2. The van der Waals surface area contributed by atoms with Gasteiger partial charge in [0.05, 0.1) is 12.1 Å². The van der Waals surface area contributed by atoms with Crippen LogP contribution in [0.15, 0.2) is 6.07 Å². The van der Waals surface area contributed by atoms with Crippen LogP contribution in [0.2, 0.25) is 0 Å². The molecule has 1 aliphatic carbocycles. The molecule has 2 N–H and O–H groups in total. The lowest BCUT2D eigenvalue weighted by molar-refractivity contribution is -0.135. The van der Waals surface area contributed by atoms with E-state index in [1.807, 2.05) is 18.3 Å². The summed E-state index contributed by atoms with van der Waals surface area (Å²) in [6, 6.07) is 2.24. The fraction of sp³-hybridized carbons (Fsp3) is 0.643. The van der Waals surface area contributed by atoms with E-state index in [9.17, 15) is 4.79 Å². The molecule has 1 aliphatic heterocycles. The Bertz CT molecular complexity index is 458. The van der Waals surface area contributed by atoms with Gasteiger partial charge in [-0.25, -0.2) is 0 Å². The second kappa shape index (κ2) is 5.23. The molecule has 4 nitrogen and oxygen atoms in total. The minimum absolute atomic E-state index is 0.0262. The van der Waals surface area contributed by atoms with Gasteiger partial charge in [0.2, 0.25) is 5.91 Å². The predicted molar refractivity (Wildman–Crippen MR) is 75.4 cm³/mol. The molecule has 1 amide bonds. The molecule has 1 saturated heterocycles. The van der Waals surface area contributed by atoms with Crippen LogP contribution in [0, 0.1) is 0 Å². The monoisotopic (exact) mass is 280 g/mol. The fourth-order valence-corrected chi connectivity index (χ4v) is 3.73. The third kappa shape index (κ3) is 2.99. The van der Waals surface area contributed by atoms with Gasteiger partial charge in [0.15, 0.2) is 0 Å². The quantitative estimate of drug-likeness (QED) is 0.853. The smallest absolute Gasteiger partial charge is 0.246 e. The molecule has 1 fully saturated rings. The van der Waals surface area contributed by atoms with E-state index in [1.165, 1.54) is 34.6 Å². The van der Waals surface area contributed by atoms with Crippen LogP contribution in [0.5, 0.6) is 0 Å². The van der Waals surface area contributed by atoms with Gasteiger partial charge in [-0.05, 0) is 37.8 Å². The van der Waals surface area contributed by atoms with Gasteiger partial charge in [-0.2, -0.15) is 0 Å². The number of nitrogens with one attached hydrogen (secondary N) is 2. The van der Waals surface area contributed by atoms with Crippen molar-refractivity contribution in [3.05, 3.63) is 21.4 Å². The summed E-state index contributed by atoms with van der Waals surface area (Å²) in [6.07, 6.45) is 3.70. The molecule has 2 aliphatic rings. The molecule has 104 valence electrons. The normalized spacial score (nSPS) is 19.8. The SMILES string of the molecule is CC1(OCC(=O)NCc2cc3c(s2)CCC3)CNC1. The number of carbonyl (C=O) groups excluding carboxylic acids is 1. The lowest BCUT2D eigenvalue weighted by Crippen LogP contribution is -2.59. The number of rotatable bonds is 5. The summed E-state index contributed by atoms with van der Waals surface area (Å²) >= 11 is 1.84. The van der Waals surface area contributed by atoms with Crippen molar-refractivity contribution in [2.24, 2.45) is 0 Å². The molecule has 1 aromatic heterocycles. The Morgan fingerprint density at radius 1 is 1.53 bits per heavy atom. The fourth-order valence-electron chi connectivity index (χ4n) is 2.53. The summed E-state index contributed by atoms with van der Waals surface area (Å²) in [4.78, 5) is 14.5. The highest BCUT2D eigenvalue weighted by Gasteiger charge is 2.32. The van der Waals surface area contributed by atoms with Gasteiger partial charge in [-0.15, -0.1) is 11.3 Å². The lowest BCUT2D eigenvalue weighted by atomic mass is 10.0. The van der Waals surface area contributed by atoms with Crippen LogP contribution in [-0.2, 0) is 28.9 Å². The Kier molecular flexibility index (Phi) is 3.60. The van der Waals surface area contributed by atoms with E-state index in [2.05, 4.69) is 16.7 Å². The van der Waals surface area contributed by atoms with Crippen LogP contribution >= 0.6 is 11.3 Å². The van der Waals surface area contributed by atoms with Gasteiger partial charge in [0.25, 0.3) is 0 Å². The van der Waals surface area contributed by atoms with Crippen molar-refractivity contribution >= 4 is 17.2 Å². The van der Waals surface area contributed by atoms with Gasteiger partial charge < -0.3 is 15.4 Å². The van der Waals surface area contributed by atoms with E-state index in [4.69, 9.17) is 4.74 Å². The molecule has 5 heteroatoms. The van der Waals surface area contributed by atoms with E-state index in [0.29, 0.717) is 6.54 Å². The minimum atomic E-state index is -0.151. The van der Waals surface area contributed by atoms with Gasteiger partial charge >= 0.3 is 0 Å².